The molecule has 1 aromatic carbocycles. The van der Waals surface area contributed by atoms with Crippen LogP contribution in [-0.2, 0) is 25.4 Å². The molecule has 1 N–H and O–H groups in total. The number of thioether (sulfide) groups is 1. The van der Waals surface area contributed by atoms with Crippen molar-refractivity contribution in [1.82, 2.24) is 34.2 Å². The molecule has 4 aromatic rings. The standard InChI is InChI=1S/C25H31N7O6S/c1-14-8-9-15(12-16(14)36-7)20-29-28-17(37-20)13-32-18-19(30(5)24(35)31(6)21(18)33)27-22(32)39-11-10-26-23(34)38-25(2,3)4/h8-9,12H,10-11,13H2,1-7H3,(H,26,34). The summed E-state index contributed by atoms with van der Waals surface area (Å²) in [6, 6.07) is 5.56. The van der Waals surface area contributed by atoms with E-state index in [4.69, 9.17) is 13.9 Å². The van der Waals surface area contributed by atoms with Crippen molar-refractivity contribution in [2.45, 2.75) is 45.0 Å². The minimum atomic E-state index is -0.608. The van der Waals surface area contributed by atoms with E-state index >= 15 is 0 Å². The normalized spacial score (nSPS) is 11.7. The molecule has 4 rings (SSSR count). The third-order valence-corrected chi connectivity index (χ3v) is 6.71. The van der Waals surface area contributed by atoms with E-state index in [1.807, 2.05) is 25.1 Å². The first-order chi connectivity index (χ1) is 18.4. The highest BCUT2D eigenvalue weighted by atomic mass is 32.2. The molecule has 208 valence electrons. The molecule has 0 aliphatic carbocycles. The third-order valence-electron chi connectivity index (χ3n) is 5.73. The van der Waals surface area contributed by atoms with Gasteiger partial charge in [0.1, 0.15) is 17.9 Å². The number of nitrogens with zero attached hydrogens (tertiary/aromatic N) is 6. The Bertz CT molecular complexity index is 1640. The molecule has 0 unspecified atom stereocenters. The van der Waals surface area contributed by atoms with Crippen LogP contribution in [0.3, 0.4) is 0 Å². The number of hydrogen-bond donors (Lipinski definition) is 1. The minimum Gasteiger partial charge on any atom is -0.496 e. The molecule has 1 amide bonds. The van der Waals surface area contributed by atoms with Crippen molar-refractivity contribution in [1.29, 1.82) is 0 Å². The molecular formula is C25H31N7O6S. The quantitative estimate of drug-likeness (QED) is 0.253. The molecule has 0 saturated carbocycles. The summed E-state index contributed by atoms with van der Waals surface area (Å²) >= 11 is 1.30. The number of benzene rings is 1. The lowest BCUT2D eigenvalue weighted by Crippen LogP contribution is -2.37. The van der Waals surface area contributed by atoms with E-state index in [0.717, 1.165) is 10.1 Å². The van der Waals surface area contributed by atoms with Crippen molar-refractivity contribution in [3.8, 4) is 17.2 Å². The molecular weight excluding hydrogens is 526 g/mol. The number of amides is 1. The maximum atomic E-state index is 13.1. The van der Waals surface area contributed by atoms with Gasteiger partial charge in [-0.1, -0.05) is 17.8 Å². The summed E-state index contributed by atoms with van der Waals surface area (Å²) in [7, 11) is 4.55. The highest BCUT2D eigenvalue weighted by Crippen LogP contribution is 2.27. The fourth-order valence-electron chi connectivity index (χ4n) is 3.82. The van der Waals surface area contributed by atoms with Gasteiger partial charge >= 0.3 is 11.8 Å². The van der Waals surface area contributed by atoms with Crippen molar-refractivity contribution in [3.05, 3.63) is 50.5 Å². The van der Waals surface area contributed by atoms with Gasteiger partial charge in [0, 0.05) is 32.0 Å². The highest BCUT2D eigenvalue weighted by molar-refractivity contribution is 7.99. The topological polar surface area (TPSA) is 148 Å². The summed E-state index contributed by atoms with van der Waals surface area (Å²) in [5.74, 6) is 1.66. The summed E-state index contributed by atoms with van der Waals surface area (Å²) in [5.41, 5.74) is 0.509. The number of aromatic nitrogens is 6. The number of fused-ring (bicyclic) bond motifs is 1. The van der Waals surface area contributed by atoms with Crippen LogP contribution in [0.2, 0.25) is 0 Å². The third kappa shape index (κ3) is 6.00. The Morgan fingerprint density at radius 2 is 1.90 bits per heavy atom. The molecule has 0 atom stereocenters. The van der Waals surface area contributed by atoms with E-state index in [2.05, 4.69) is 20.5 Å². The molecule has 13 nitrogen and oxygen atoms in total. The Labute approximate surface area is 228 Å². The van der Waals surface area contributed by atoms with Crippen LogP contribution in [0.25, 0.3) is 22.6 Å². The lowest BCUT2D eigenvalue weighted by molar-refractivity contribution is 0.0531. The first kappa shape index (κ1) is 28.0. The second-order valence-corrected chi connectivity index (χ2v) is 10.9. The number of aryl methyl sites for hydroxylation is 2. The Morgan fingerprint density at radius 3 is 2.59 bits per heavy atom. The van der Waals surface area contributed by atoms with E-state index in [0.29, 0.717) is 34.7 Å². The number of carbonyl (C=O) groups is 1. The molecule has 0 aliphatic rings. The average Bonchev–Trinajstić information content (AvgIpc) is 3.49. The van der Waals surface area contributed by atoms with Gasteiger partial charge in [-0.25, -0.2) is 14.6 Å². The largest absolute Gasteiger partial charge is 0.496 e. The SMILES string of the molecule is COc1cc(-c2nnc(Cn3c(SCCNC(=O)OC(C)(C)C)nc4c3c(=O)n(C)c(=O)n4C)o2)ccc1C. The predicted octanol–water partition coefficient (Wildman–Crippen LogP) is 2.47. The zero-order valence-electron chi connectivity index (χ0n) is 22.9. The monoisotopic (exact) mass is 557 g/mol. The molecule has 39 heavy (non-hydrogen) atoms. The summed E-state index contributed by atoms with van der Waals surface area (Å²) in [6.45, 7) is 7.62. The number of alkyl carbamates (subject to hydrolysis) is 1. The van der Waals surface area contributed by atoms with Crippen LogP contribution in [0.5, 0.6) is 5.75 Å². The fourth-order valence-corrected chi connectivity index (χ4v) is 4.66. The molecule has 0 saturated heterocycles. The van der Waals surface area contributed by atoms with E-state index in [1.54, 1.807) is 39.5 Å². The molecule has 0 fully saturated rings. The van der Waals surface area contributed by atoms with E-state index in [-0.39, 0.29) is 23.6 Å². The van der Waals surface area contributed by atoms with E-state index in [9.17, 15) is 14.4 Å². The number of methoxy groups -OCH3 is 1. The van der Waals surface area contributed by atoms with Gasteiger partial charge in [-0.15, -0.1) is 10.2 Å². The fraction of sp³-hybridized carbons (Fsp3) is 0.440. The maximum Gasteiger partial charge on any atom is 0.407 e. The summed E-state index contributed by atoms with van der Waals surface area (Å²) in [6.07, 6.45) is -0.529. The Balaban J connectivity index is 1.64. The van der Waals surface area contributed by atoms with Gasteiger partial charge in [0.25, 0.3) is 5.56 Å². The van der Waals surface area contributed by atoms with Crippen LogP contribution in [0.15, 0.2) is 37.4 Å². The Kier molecular flexibility index (Phi) is 7.86. The predicted molar refractivity (Wildman–Crippen MR) is 145 cm³/mol. The van der Waals surface area contributed by atoms with Crippen LogP contribution < -0.4 is 21.3 Å². The van der Waals surface area contributed by atoms with Gasteiger partial charge < -0.3 is 23.8 Å². The van der Waals surface area contributed by atoms with Crippen LogP contribution in [-0.4, -0.2) is 60.0 Å². The molecule has 3 aromatic heterocycles. The van der Waals surface area contributed by atoms with Crippen molar-refractivity contribution < 1.29 is 18.7 Å². The lowest BCUT2D eigenvalue weighted by atomic mass is 10.1. The van der Waals surface area contributed by atoms with E-state index < -0.39 is 22.9 Å². The lowest BCUT2D eigenvalue weighted by Gasteiger charge is -2.19. The highest BCUT2D eigenvalue weighted by Gasteiger charge is 2.22. The maximum absolute atomic E-state index is 13.1. The second kappa shape index (κ2) is 11.0. The molecule has 0 aliphatic heterocycles. The number of carbonyl (C=O) groups excluding carboxylic acids is 1. The second-order valence-electron chi connectivity index (χ2n) is 9.82. The molecule has 0 bridgehead atoms. The zero-order valence-corrected chi connectivity index (χ0v) is 23.7. The first-order valence-electron chi connectivity index (χ1n) is 12.1. The van der Waals surface area contributed by atoms with Crippen molar-refractivity contribution in [2.75, 3.05) is 19.4 Å². The average molecular weight is 558 g/mol. The van der Waals surface area contributed by atoms with Gasteiger partial charge in [0.2, 0.25) is 11.8 Å². The van der Waals surface area contributed by atoms with Gasteiger partial charge in [-0.2, -0.15) is 0 Å². The Morgan fingerprint density at radius 1 is 1.15 bits per heavy atom. The number of hydrogen-bond acceptors (Lipinski definition) is 10. The number of nitrogens with one attached hydrogen (secondary N) is 1. The van der Waals surface area contributed by atoms with Gasteiger partial charge in [-0.3, -0.25) is 13.9 Å². The Hall–Kier alpha value is -4.07. The van der Waals surface area contributed by atoms with Gasteiger partial charge in [0.15, 0.2) is 16.3 Å². The van der Waals surface area contributed by atoms with Gasteiger partial charge in [0.05, 0.1) is 7.11 Å². The van der Waals surface area contributed by atoms with Crippen LogP contribution >= 0.6 is 11.8 Å². The summed E-state index contributed by atoms with van der Waals surface area (Å²) in [5, 5.41) is 11.5. The molecule has 0 spiro atoms. The summed E-state index contributed by atoms with van der Waals surface area (Å²) in [4.78, 5) is 42.2. The minimum absolute atomic E-state index is 0.0434. The van der Waals surface area contributed by atoms with Crippen LogP contribution in [0.4, 0.5) is 4.79 Å². The van der Waals surface area contributed by atoms with Gasteiger partial charge in [-0.05, 0) is 45.4 Å². The van der Waals surface area contributed by atoms with Crippen LogP contribution in [0, 0.1) is 6.92 Å². The summed E-state index contributed by atoms with van der Waals surface area (Å²) < 4.78 is 20.6. The smallest absolute Gasteiger partial charge is 0.407 e. The van der Waals surface area contributed by atoms with Crippen molar-refractivity contribution in [3.63, 3.8) is 0 Å². The van der Waals surface area contributed by atoms with Crippen molar-refractivity contribution >= 4 is 29.0 Å². The molecule has 0 radical (unpaired) electrons. The molecule has 3 heterocycles. The number of rotatable bonds is 8. The zero-order chi connectivity index (χ0) is 28.5. The van der Waals surface area contributed by atoms with Crippen molar-refractivity contribution in [2.24, 2.45) is 14.1 Å². The number of imidazole rings is 1. The molecule has 14 heteroatoms. The first-order valence-corrected chi connectivity index (χ1v) is 13.1. The van der Waals surface area contributed by atoms with Crippen LogP contribution in [0.1, 0.15) is 32.2 Å². The van der Waals surface area contributed by atoms with E-state index in [1.165, 1.54) is 23.4 Å². The number of ether oxygens (including phenoxy) is 2.